The van der Waals surface area contributed by atoms with Crippen LogP contribution in [0.15, 0.2) is 52.9 Å². The molecule has 0 amide bonds. The molecule has 166 valence electrons. The normalized spacial score (nSPS) is 11.0. The number of fused-ring (bicyclic) bond motifs is 1. The summed E-state index contributed by atoms with van der Waals surface area (Å²) in [7, 11) is 0. The Bertz CT molecular complexity index is 920. The second-order valence-electron chi connectivity index (χ2n) is 7.75. The SMILES string of the molecule is CCCCCCCCN(CCCOc1cccc(C(=O)O)c1)c1nc2ccccc2o1. The number of aromatic nitrogens is 1. The third-order valence-corrected chi connectivity index (χ3v) is 5.26. The van der Waals surface area contributed by atoms with Crippen LogP contribution in [0, 0.1) is 0 Å². The summed E-state index contributed by atoms with van der Waals surface area (Å²) in [5.41, 5.74) is 1.90. The molecule has 1 N–H and O–H groups in total. The highest BCUT2D eigenvalue weighted by molar-refractivity contribution is 5.88. The second kappa shape index (κ2) is 12.0. The summed E-state index contributed by atoms with van der Waals surface area (Å²) in [5, 5.41) is 9.11. The van der Waals surface area contributed by atoms with E-state index in [0.717, 1.165) is 37.0 Å². The number of para-hydroxylation sites is 2. The zero-order valence-corrected chi connectivity index (χ0v) is 18.3. The molecule has 6 nitrogen and oxygen atoms in total. The number of oxazole rings is 1. The van der Waals surface area contributed by atoms with Gasteiger partial charge < -0.3 is 19.2 Å². The molecule has 6 heteroatoms. The number of carboxylic acid groups (broad SMARTS) is 1. The van der Waals surface area contributed by atoms with Crippen molar-refractivity contribution < 1.29 is 19.1 Å². The molecule has 0 atom stereocenters. The lowest BCUT2D eigenvalue weighted by Gasteiger charge is -2.20. The lowest BCUT2D eigenvalue weighted by atomic mass is 10.1. The fraction of sp³-hybridized carbons (Fsp3) is 0.440. The Morgan fingerprint density at radius 1 is 1.00 bits per heavy atom. The van der Waals surface area contributed by atoms with Crippen molar-refractivity contribution in [1.29, 1.82) is 0 Å². The molecule has 0 spiro atoms. The van der Waals surface area contributed by atoms with Crippen molar-refractivity contribution in [2.75, 3.05) is 24.6 Å². The molecule has 0 fully saturated rings. The molecule has 0 unspecified atom stereocenters. The van der Waals surface area contributed by atoms with Crippen LogP contribution in [-0.2, 0) is 0 Å². The molecule has 0 saturated heterocycles. The first-order valence-electron chi connectivity index (χ1n) is 11.2. The Labute approximate surface area is 183 Å². The predicted octanol–water partition coefficient (Wildman–Crippen LogP) is 6.16. The first kappa shape index (κ1) is 22.7. The van der Waals surface area contributed by atoms with Gasteiger partial charge in [0.15, 0.2) is 5.58 Å². The van der Waals surface area contributed by atoms with Crippen molar-refractivity contribution in [3.63, 3.8) is 0 Å². The molecule has 0 aliphatic carbocycles. The quantitative estimate of drug-likeness (QED) is 0.312. The van der Waals surface area contributed by atoms with E-state index in [1.54, 1.807) is 24.3 Å². The van der Waals surface area contributed by atoms with E-state index in [0.29, 0.717) is 18.4 Å². The highest BCUT2D eigenvalue weighted by Gasteiger charge is 2.14. The molecule has 3 aromatic rings. The minimum absolute atomic E-state index is 0.230. The van der Waals surface area contributed by atoms with E-state index < -0.39 is 5.97 Å². The number of nitrogens with zero attached hydrogens (tertiary/aromatic N) is 2. The second-order valence-corrected chi connectivity index (χ2v) is 7.75. The van der Waals surface area contributed by atoms with E-state index in [1.165, 1.54) is 32.1 Å². The number of benzene rings is 2. The molecule has 0 aliphatic heterocycles. The van der Waals surface area contributed by atoms with Crippen LogP contribution in [0.4, 0.5) is 6.01 Å². The van der Waals surface area contributed by atoms with Gasteiger partial charge in [0, 0.05) is 13.1 Å². The van der Waals surface area contributed by atoms with E-state index in [9.17, 15) is 4.79 Å². The van der Waals surface area contributed by atoms with Crippen LogP contribution in [0.25, 0.3) is 11.1 Å². The lowest BCUT2D eigenvalue weighted by molar-refractivity contribution is 0.0696. The molecule has 31 heavy (non-hydrogen) atoms. The molecule has 0 saturated carbocycles. The van der Waals surface area contributed by atoms with Gasteiger partial charge in [-0.2, -0.15) is 4.98 Å². The Morgan fingerprint density at radius 3 is 2.58 bits per heavy atom. The van der Waals surface area contributed by atoms with Crippen molar-refractivity contribution in [1.82, 2.24) is 4.98 Å². The Morgan fingerprint density at radius 2 is 1.77 bits per heavy atom. The van der Waals surface area contributed by atoms with Crippen molar-refractivity contribution in [2.24, 2.45) is 0 Å². The Kier molecular flexibility index (Phi) is 8.76. The van der Waals surface area contributed by atoms with E-state index in [2.05, 4.69) is 16.8 Å². The molecule has 2 aromatic carbocycles. The zero-order chi connectivity index (χ0) is 21.9. The smallest absolute Gasteiger partial charge is 0.335 e. The van der Waals surface area contributed by atoms with Gasteiger partial charge in [-0.1, -0.05) is 57.2 Å². The topological polar surface area (TPSA) is 75.8 Å². The Balaban J connectivity index is 1.54. The summed E-state index contributed by atoms with van der Waals surface area (Å²) in [6.07, 6.45) is 8.20. The third kappa shape index (κ3) is 7.02. The number of aromatic carboxylic acids is 1. The maximum atomic E-state index is 11.1. The van der Waals surface area contributed by atoms with Crippen LogP contribution in [-0.4, -0.2) is 35.8 Å². The van der Waals surface area contributed by atoms with Crippen LogP contribution < -0.4 is 9.64 Å². The monoisotopic (exact) mass is 424 g/mol. The van der Waals surface area contributed by atoms with Gasteiger partial charge in [-0.3, -0.25) is 0 Å². The maximum absolute atomic E-state index is 11.1. The molecule has 0 bridgehead atoms. The fourth-order valence-electron chi connectivity index (χ4n) is 3.55. The van der Waals surface area contributed by atoms with Crippen LogP contribution in [0.5, 0.6) is 5.75 Å². The minimum Gasteiger partial charge on any atom is -0.494 e. The van der Waals surface area contributed by atoms with Gasteiger partial charge in [0.1, 0.15) is 11.3 Å². The number of hydrogen-bond acceptors (Lipinski definition) is 5. The molecule has 1 aromatic heterocycles. The van der Waals surface area contributed by atoms with Crippen LogP contribution in [0.2, 0.25) is 0 Å². The van der Waals surface area contributed by atoms with Gasteiger partial charge in [0.2, 0.25) is 0 Å². The molecular weight excluding hydrogens is 392 g/mol. The highest BCUT2D eigenvalue weighted by atomic mass is 16.5. The van der Waals surface area contributed by atoms with Crippen molar-refractivity contribution in [3.8, 4) is 5.75 Å². The Hall–Kier alpha value is -3.02. The average molecular weight is 425 g/mol. The summed E-state index contributed by atoms with van der Waals surface area (Å²) in [6, 6.07) is 15.1. The van der Waals surface area contributed by atoms with E-state index in [4.69, 9.17) is 14.3 Å². The first-order valence-corrected chi connectivity index (χ1v) is 11.2. The highest BCUT2D eigenvalue weighted by Crippen LogP contribution is 2.22. The molecule has 1 heterocycles. The zero-order valence-electron chi connectivity index (χ0n) is 18.3. The summed E-state index contributed by atoms with van der Waals surface area (Å²) in [4.78, 5) is 18.0. The van der Waals surface area contributed by atoms with Gasteiger partial charge in [0.25, 0.3) is 6.01 Å². The van der Waals surface area contributed by atoms with Gasteiger partial charge >= 0.3 is 5.97 Å². The predicted molar refractivity (Wildman–Crippen MR) is 123 cm³/mol. The number of carbonyl (C=O) groups is 1. The molecule has 0 radical (unpaired) electrons. The summed E-state index contributed by atoms with van der Waals surface area (Å²) in [5.74, 6) is -0.379. The average Bonchev–Trinajstić information content (AvgIpc) is 3.21. The lowest BCUT2D eigenvalue weighted by Crippen LogP contribution is -2.27. The number of unbranched alkanes of at least 4 members (excludes halogenated alkanes) is 5. The van der Waals surface area contributed by atoms with E-state index in [-0.39, 0.29) is 5.56 Å². The number of hydrogen-bond donors (Lipinski definition) is 1. The molecule has 0 aliphatic rings. The van der Waals surface area contributed by atoms with E-state index in [1.807, 2.05) is 24.3 Å². The van der Waals surface area contributed by atoms with Crippen LogP contribution in [0.1, 0.15) is 62.2 Å². The fourth-order valence-corrected chi connectivity index (χ4v) is 3.55. The largest absolute Gasteiger partial charge is 0.494 e. The maximum Gasteiger partial charge on any atom is 0.335 e. The third-order valence-electron chi connectivity index (χ3n) is 5.26. The number of anilines is 1. The van der Waals surface area contributed by atoms with Crippen molar-refractivity contribution >= 4 is 23.1 Å². The van der Waals surface area contributed by atoms with Gasteiger partial charge in [-0.05, 0) is 43.2 Å². The number of ether oxygens (including phenoxy) is 1. The first-order chi connectivity index (χ1) is 15.2. The van der Waals surface area contributed by atoms with E-state index >= 15 is 0 Å². The summed E-state index contributed by atoms with van der Waals surface area (Å²) in [6.45, 7) is 4.39. The van der Waals surface area contributed by atoms with Crippen molar-refractivity contribution in [2.45, 2.75) is 51.9 Å². The molecule has 3 rings (SSSR count). The van der Waals surface area contributed by atoms with Gasteiger partial charge in [-0.15, -0.1) is 0 Å². The summed E-state index contributed by atoms with van der Waals surface area (Å²) >= 11 is 0. The van der Waals surface area contributed by atoms with Crippen LogP contribution >= 0.6 is 0 Å². The standard InChI is InChI=1S/C25H32N2O4/c1-2-3-4-5-6-9-16-27(25-26-22-14-7-8-15-23(22)31-25)17-11-18-30-21-13-10-12-20(19-21)24(28)29/h7-8,10,12-15,19H,2-6,9,11,16-18H2,1H3,(H,28,29). The molecular formula is C25H32N2O4. The number of rotatable bonds is 14. The summed E-state index contributed by atoms with van der Waals surface area (Å²) < 4.78 is 11.8. The van der Waals surface area contributed by atoms with Gasteiger partial charge in [0.05, 0.1) is 12.2 Å². The van der Waals surface area contributed by atoms with Crippen LogP contribution in [0.3, 0.4) is 0 Å². The van der Waals surface area contributed by atoms with Crippen molar-refractivity contribution in [3.05, 3.63) is 54.1 Å². The van der Waals surface area contributed by atoms with Gasteiger partial charge in [-0.25, -0.2) is 4.79 Å². The number of carboxylic acids is 1. The minimum atomic E-state index is -0.952.